The van der Waals surface area contributed by atoms with E-state index in [4.69, 9.17) is 0 Å². The summed E-state index contributed by atoms with van der Waals surface area (Å²) in [6.45, 7) is 5.39. The quantitative estimate of drug-likeness (QED) is 0.805. The summed E-state index contributed by atoms with van der Waals surface area (Å²) in [5, 5.41) is 3.28. The van der Waals surface area contributed by atoms with Gasteiger partial charge in [-0.2, -0.15) is 0 Å². The lowest BCUT2D eigenvalue weighted by atomic mass is 10.3. The number of aromatic amines is 1. The number of nitrogens with zero attached hydrogens (tertiary/aromatic N) is 3. The summed E-state index contributed by atoms with van der Waals surface area (Å²) in [6.07, 6.45) is 5.27. The van der Waals surface area contributed by atoms with E-state index < -0.39 is 0 Å². The maximum Gasteiger partial charge on any atom is 0.0925 e. The van der Waals surface area contributed by atoms with Crippen molar-refractivity contribution in [2.75, 3.05) is 0 Å². The minimum absolute atomic E-state index is 0.708. The molecule has 5 heteroatoms. The number of nitrogens with one attached hydrogen (secondary N) is 2. The lowest BCUT2D eigenvalue weighted by Gasteiger charge is -2.03. The predicted octanol–water partition coefficient (Wildman–Crippen LogP) is 1.11. The van der Waals surface area contributed by atoms with Gasteiger partial charge in [0.05, 0.1) is 23.4 Å². The highest BCUT2D eigenvalue weighted by Crippen LogP contribution is 2.00. The number of hydrogen-bond acceptors (Lipinski definition) is 4. The normalized spacial score (nSPS) is 10.6. The number of aromatic nitrogens is 4. The van der Waals surface area contributed by atoms with Crippen molar-refractivity contribution >= 4 is 0 Å². The molecular weight excluding hydrogens is 202 g/mol. The van der Waals surface area contributed by atoms with Crippen LogP contribution in [0.4, 0.5) is 0 Å². The molecule has 2 N–H and O–H groups in total. The van der Waals surface area contributed by atoms with Gasteiger partial charge >= 0.3 is 0 Å². The van der Waals surface area contributed by atoms with Gasteiger partial charge < -0.3 is 10.3 Å². The maximum absolute atomic E-state index is 4.27. The number of H-pyrrole nitrogens is 1. The lowest BCUT2D eigenvalue weighted by Crippen LogP contribution is -2.14. The lowest BCUT2D eigenvalue weighted by molar-refractivity contribution is 0.663. The summed E-state index contributed by atoms with van der Waals surface area (Å²) in [6, 6.07) is 0. The molecule has 0 amide bonds. The summed E-state index contributed by atoms with van der Waals surface area (Å²) >= 11 is 0. The molecule has 16 heavy (non-hydrogen) atoms. The van der Waals surface area contributed by atoms with Gasteiger partial charge in [-0.1, -0.05) is 0 Å². The zero-order valence-electron chi connectivity index (χ0n) is 9.49. The zero-order valence-corrected chi connectivity index (χ0v) is 9.49. The average Bonchev–Trinajstić information content (AvgIpc) is 2.68. The minimum atomic E-state index is 0.708. The van der Waals surface area contributed by atoms with Crippen molar-refractivity contribution in [2.24, 2.45) is 0 Å². The van der Waals surface area contributed by atoms with Crippen molar-refractivity contribution in [3.63, 3.8) is 0 Å². The first-order valence-electron chi connectivity index (χ1n) is 5.23. The molecule has 0 bridgehead atoms. The number of hydrogen-bond donors (Lipinski definition) is 2. The van der Waals surface area contributed by atoms with Gasteiger partial charge in [0.25, 0.3) is 0 Å². The molecule has 0 aliphatic rings. The van der Waals surface area contributed by atoms with Gasteiger partial charge in [-0.15, -0.1) is 0 Å². The van der Waals surface area contributed by atoms with E-state index in [-0.39, 0.29) is 0 Å². The molecule has 0 saturated carbocycles. The molecule has 84 valence electrons. The molecule has 0 aliphatic heterocycles. The molecule has 0 unspecified atom stereocenters. The molecule has 2 aromatic heterocycles. The molecule has 2 aromatic rings. The first kappa shape index (κ1) is 10.8. The van der Waals surface area contributed by atoms with Crippen LogP contribution in [0.25, 0.3) is 0 Å². The van der Waals surface area contributed by atoms with Crippen molar-refractivity contribution in [1.29, 1.82) is 0 Å². The van der Waals surface area contributed by atoms with Crippen molar-refractivity contribution in [2.45, 2.75) is 26.9 Å². The Morgan fingerprint density at radius 1 is 1.12 bits per heavy atom. The zero-order chi connectivity index (χ0) is 11.4. The molecule has 0 spiro atoms. The minimum Gasteiger partial charge on any atom is -0.348 e. The molecule has 0 fully saturated rings. The number of imidazole rings is 1. The molecule has 5 nitrogen and oxygen atoms in total. The van der Waals surface area contributed by atoms with Crippen LogP contribution in [-0.4, -0.2) is 19.9 Å². The summed E-state index contributed by atoms with van der Waals surface area (Å²) < 4.78 is 0. The van der Waals surface area contributed by atoms with E-state index >= 15 is 0 Å². The first-order valence-corrected chi connectivity index (χ1v) is 5.23. The first-order chi connectivity index (χ1) is 7.75. The third kappa shape index (κ3) is 2.64. The van der Waals surface area contributed by atoms with Crippen molar-refractivity contribution in [3.8, 4) is 0 Å². The molecule has 0 aromatic carbocycles. The van der Waals surface area contributed by atoms with Gasteiger partial charge in [0.1, 0.15) is 0 Å². The third-order valence-corrected chi connectivity index (χ3v) is 2.37. The van der Waals surface area contributed by atoms with Crippen LogP contribution in [0.3, 0.4) is 0 Å². The largest absolute Gasteiger partial charge is 0.348 e. The number of aryl methyl sites for hydroxylation is 2. The van der Waals surface area contributed by atoms with Gasteiger partial charge in [-0.3, -0.25) is 9.97 Å². The second-order valence-electron chi connectivity index (χ2n) is 3.73. The van der Waals surface area contributed by atoms with Crippen LogP contribution >= 0.6 is 0 Å². The van der Waals surface area contributed by atoms with Crippen molar-refractivity contribution in [3.05, 3.63) is 41.5 Å². The maximum atomic E-state index is 4.27. The summed E-state index contributed by atoms with van der Waals surface area (Å²) in [4.78, 5) is 15.7. The Morgan fingerprint density at radius 3 is 2.62 bits per heavy atom. The summed E-state index contributed by atoms with van der Waals surface area (Å²) in [7, 11) is 0. The summed E-state index contributed by atoms with van der Waals surface area (Å²) in [5.74, 6) is 0. The second-order valence-corrected chi connectivity index (χ2v) is 3.73. The average molecular weight is 217 g/mol. The smallest absolute Gasteiger partial charge is 0.0925 e. The van der Waals surface area contributed by atoms with E-state index in [0.29, 0.717) is 6.54 Å². The van der Waals surface area contributed by atoms with Crippen LogP contribution in [0, 0.1) is 13.8 Å². The van der Waals surface area contributed by atoms with Crippen molar-refractivity contribution in [1.82, 2.24) is 25.3 Å². The predicted molar refractivity (Wildman–Crippen MR) is 60.6 cm³/mol. The van der Waals surface area contributed by atoms with E-state index in [1.165, 1.54) is 0 Å². The van der Waals surface area contributed by atoms with Crippen LogP contribution < -0.4 is 5.32 Å². The molecule has 2 rings (SSSR count). The second kappa shape index (κ2) is 4.85. The van der Waals surface area contributed by atoms with E-state index in [0.717, 1.165) is 29.3 Å². The highest BCUT2D eigenvalue weighted by atomic mass is 15.0. The fraction of sp³-hybridized carbons (Fsp3) is 0.364. The third-order valence-electron chi connectivity index (χ3n) is 2.37. The molecule has 0 radical (unpaired) electrons. The Kier molecular flexibility index (Phi) is 3.26. The molecular formula is C11H15N5. The topological polar surface area (TPSA) is 66.5 Å². The van der Waals surface area contributed by atoms with Crippen LogP contribution in [0.5, 0.6) is 0 Å². The molecule has 0 saturated heterocycles. The highest BCUT2D eigenvalue weighted by molar-refractivity contribution is 5.08. The fourth-order valence-electron chi connectivity index (χ4n) is 1.38. The fourth-order valence-corrected chi connectivity index (χ4v) is 1.38. The van der Waals surface area contributed by atoms with E-state index in [1.807, 2.05) is 13.8 Å². The van der Waals surface area contributed by atoms with Crippen molar-refractivity contribution < 1.29 is 0 Å². The summed E-state index contributed by atoms with van der Waals surface area (Å²) in [5.41, 5.74) is 4.02. The van der Waals surface area contributed by atoms with Gasteiger partial charge in [0.15, 0.2) is 0 Å². The number of rotatable bonds is 4. The molecule has 2 heterocycles. The Hall–Kier alpha value is -1.75. The molecule has 0 atom stereocenters. The van der Waals surface area contributed by atoms with E-state index in [2.05, 4.69) is 25.3 Å². The van der Waals surface area contributed by atoms with E-state index in [9.17, 15) is 0 Å². The highest BCUT2D eigenvalue weighted by Gasteiger charge is 2.00. The van der Waals surface area contributed by atoms with Gasteiger partial charge in [0, 0.05) is 31.2 Å². The van der Waals surface area contributed by atoms with Crippen LogP contribution in [0.1, 0.15) is 22.8 Å². The van der Waals surface area contributed by atoms with Gasteiger partial charge in [0.2, 0.25) is 0 Å². The Bertz CT molecular complexity index is 446. The Labute approximate surface area is 94.4 Å². The monoisotopic (exact) mass is 217 g/mol. The SMILES string of the molecule is Cc1cnc(CNCc2nc[nH]c2C)cn1. The standard InChI is InChI=1S/C11H15N5/c1-8-3-14-10(5-13-8)4-12-6-11-9(2)15-7-16-11/h3,5,7,12H,4,6H2,1-2H3,(H,15,16). The molecule has 0 aliphatic carbocycles. The van der Waals surface area contributed by atoms with Gasteiger partial charge in [-0.25, -0.2) is 4.98 Å². The Balaban J connectivity index is 1.84. The van der Waals surface area contributed by atoms with Gasteiger partial charge in [-0.05, 0) is 13.8 Å². The van der Waals surface area contributed by atoms with Crippen LogP contribution in [0.15, 0.2) is 18.7 Å². The van der Waals surface area contributed by atoms with Crippen LogP contribution in [-0.2, 0) is 13.1 Å². The van der Waals surface area contributed by atoms with E-state index in [1.54, 1.807) is 18.7 Å². The van der Waals surface area contributed by atoms with Crippen LogP contribution in [0.2, 0.25) is 0 Å². The Morgan fingerprint density at radius 2 is 2.00 bits per heavy atom.